The maximum Gasteiger partial charge on any atom is 0.306 e. The number of piperidine rings is 1. The molecule has 37 heavy (non-hydrogen) atoms. The Labute approximate surface area is 217 Å². The summed E-state index contributed by atoms with van der Waals surface area (Å²) in [5.74, 6) is -4.83. The SMILES string of the molecule is C[C@H](CC(=O)[C@H](CC(N)=O)NC(=O)CCCC(=O)N1CCC(C(=O)O)CC1)C(=O)NCC(=O)C(C)(C)C. The van der Waals surface area contributed by atoms with E-state index in [2.05, 4.69) is 10.6 Å². The molecule has 1 fully saturated rings. The van der Waals surface area contributed by atoms with Crippen LogP contribution in [-0.4, -0.2) is 76.8 Å². The van der Waals surface area contributed by atoms with Crippen LogP contribution in [0.5, 0.6) is 0 Å². The van der Waals surface area contributed by atoms with Crippen LogP contribution >= 0.6 is 0 Å². The summed E-state index contributed by atoms with van der Waals surface area (Å²) in [5.41, 5.74) is 4.60. The third kappa shape index (κ3) is 11.5. The first-order valence-corrected chi connectivity index (χ1v) is 12.5. The minimum atomic E-state index is -1.21. The molecule has 1 saturated heterocycles. The fourth-order valence-corrected chi connectivity index (χ4v) is 3.79. The summed E-state index contributed by atoms with van der Waals surface area (Å²) in [4.78, 5) is 85.8. The summed E-state index contributed by atoms with van der Waals surface area (Å²) in [6.07, 6.45) is 0.317. The van der Waals surface area contributed by atoms with E-state index in [4.69, 9.17) is 10.8 Å². The van der Waals surface area contributed by atoms with Crippen molar-refractivity contribution in [1.29, 1.82) is 0 Å². The van der Waals surface area contributed by atoms with Crippen LogP contribution in [-0.2, 0) is 33.6 Å². The molecular weight excluding hydrogens is 484 g/mol. The molecular formula is C25H40N4O8. The molecule has 4 amide bonds. The third-order valence-corrected chi connectivity index (χ3v) is 6.34. The Balaban J connectivity index is 2.52. The zero-order chi connectivity index (χ0) is 28.3. The van der Waals surface area contributed by atoms with Crippen molar-refractivity contribution in [3.8, 4) is 0 Å². The van der Waals surface area contributed by atoms with Gasteiger partial charge in [0.1, 0.15) is 0 Å². The molecule has 0 bridgehead atoms. The molecule has 0 aliphatic carbocycles. The predicted molar refractivity (Wildman–Crippen MR) is 133 cm³/mol. The third-order valence-electron chi connectivity index (χ3n) is 6.34. The van der Waals surface area contributed by atoms with Crippen molar-refractivity contribution in [1.82, 2.24) is 15.5 Å². The van der Waals surface area contributed by atoms with Gasteiger partial charge in [0.15, 0.2) is 11.6 Å². The van der Waals surface area contributed by atoms with Gasteiger partial charge in [0.2, 0.25) is 23.6 Å². The molecule has 12 nitrogen and oxygen atoms in total. The summed E-state index contributed by atoms with van der Waals surface area (Å²) in [7, 11) is 0. The number of hydrogen-bond acceptors (Lipinski definition) is 7. The second kappa shape index (κ2) is 14.4. The van der Waals surface area contributed by atoms with Gasteiger partial charge in [-0.05, 0) is 19.3 Å². The largest absolute Gasteiger partial charge is 0.481 e. The number of rotatable bonds is 14. The standard InChI is InChI=1S/C25H40N4O8/c1-15(23(35)27-14-19(31)25(2,3)4)12-18(30)17(13-20(26)32)28-21(33)6-5-7-22(34)29-10-8-16(9-11-29)24(36)37/h15-17H,5-14H2,1-4H3,(H2,26,32)(H,27,35)(H,28,33)(H,36,37)/t15-,17+/m1/s1. The minimum Gasteiger partial charge on any atom is -0.481 e. The molecule has 2 atom stereocenters. The summed E-state index contributed by atoms with van der Waals surface area (Å²) in [6, 6.07) is -1.21. The van der Waals surface area contributed by atoms with Gasteiger partial charge >= 0.3 is 5.97 Å². The van der Waals surface area contributed by atoms with Crippen LogP contribution in [0.4, 0.5) is 0 Å². The second-order valence-corrected chi connectivity index (χ2v) is 10.6. The maximum absolute atomic E-state index is 12.7. The van der Waals surface area contributed by atoms with E-state index < -0.39 is 59.2 Å². The number of nitrogens with one attached hydrogen (secondary N) is 2. The number of carboxylic acids is 1. The first-order valence-electron chi connectivity index (χ1n) is 12.5. The van der Waals surface area contributed by atoms with Gasteiger partial charge in [0, 0.05) is 43.7 Å². The van der Waals surface area contributed by atoms with Gasteiger partial charge < -0.3 is 26.4 Å². The highest BCUT2D eigenvalue weighted by Crippen LogP contribution is 2.18. The molecule has 5 N–H and O–H groups in total. The zero-order valence-corrected chi connectivity index (χ0v) is 22.1. The van der Waals surface area contributed by atoms with Crippen LogP contribution < -0.4 is 16.4 Å². The number of primary amides is 1. The maximum atomic E-state index is 12.7. The van der Waals surface area contributed by atoms with E-state index in [1.54, 1.807) is 25.7 Å². The number of carboxylic acid groups (broad SMARTS) is 1. The van der Waals surface area contributed by atoms with E-state index in [9.17, 15) is 33.6 Å². The summed E-state index contributed by atoms with van der Waals surface area (Å²) in [5, 5.41) is 14.0. The Morgan fingerprint density at radius 2 is 1.59 bits per heavy atom. The smallest absolute Gasteiger partial charge is 0.306 e. The van der Waals surface area contributed by atoms with Crippen LogP contribution in [0.15, 0.2) is 0 Å². The summed E-state index contributed by atoms with van der Waals surface area (Å²) < 4.78 is 0. The Morgan fingerprint density at radius 1 is 1.00 bits per heavy atom. The molecule has 0 radical (unpaired) electrons. The fraction of sp³-hybridized carbons (Fsp3) is 0.720. The average molecular weight is 525 g/mol. The van der Waals surface area contributed by atoms with Crippen molar-refractivity contribution in [3.63, 3.8) is 0 Å². The number of hydrogen-bond donors (Lipinski definition) is 4. The minimum absolute atomic E-state index is 0.0647. The van der Waals surface area contributed by atoms with Gasteiger partial charge in [-0.1, -0.05) is 27.7 Å². The van der Waals surface area contributed by atoms with Gasteiger partial charge in [0.05, 0.1) is 24.9 Å². The molecule has 208 valence electrons. The van der Waals surface area contributed by atoms with Crippen molar-refractivity contribution < 1.29 is 38.7 Å². The average Bonchev–Trinajstić information content (AvgIpc) is 2.80. The first-order chi connectivity index (χ1) is 17.1. The zero-order valence-electron chi connectivity index (χ0n) is 22.1. The second-order valence-electron chi connectivity index (χ2n) is 10.6. The number of ketones is 2. The molecule has 0 spiro atoms. The number of aliphatic carboxylic acids is 1. The number of nitrogens with zero attached hydrogens (tertiary/aromatic N) is 1. The molecule has 0 saturated carbocycles. The van der Waals surface area contributed by atoms with E-state index in [1.165, 1.54) is 6.92 Å². The van der Waals surface area contributed by atoms with Crippen LogP contribution in [0.2, 0.25) is 0 Å². The lowest BCUT2D eigenvalue weighted by molar-refractivity contribution is -0.145. The number of Topliss-reactive ketones (excluding diaryl/α,β-unsaturated/α-hetero) is 2. The van der Waals surface area contributed by atoms with Crippen molar-refractivity contribution >= 4 is 41.2 Å². The molecule has 0 aromatic carbocycles. The molecule has 0 aromatic heterocycles. The Hall–Kier alpha value is -3.31. The van der Waals surface area contributed by atoms with Gasteiger partial charge in [-0.15, -0.1) is 0 Å². The lowest BCUT2D eigenvalue weighted by Gasteiger charge is -2.30. The fourth-order valence-electron chi connectivity index (χ4n) is 3.79. The topological polar surface area (TPSA) is 193 Å². The van der Waals surface area contributed by atoms with Gasteiger partial charge in [-0.25, -0.2) is 0 Å². The van der Waals surface area contributed by atoms with E-state index in [1.807, 2.05) is 0 Å². The quantitative estimate of drug-likeness (QED) is 0.247. The lowest BCUT2D eigenvalue weighted by Crippen LogP contribution is -2.45. The van der Waals surface area contributed by atoms with Crippen molar-refractivity contribution in [2.45, 2.75) is 78.7 Å². The van der Waals surface area contributed by atoms with E-state index >= 15 is 0 Å². The number of carbonyl (C=O) groups is 7. The van der Waals surface area contributed by atoms with E-state index in [0.29, 0.717) is 25.9 Å². The van der Waals surface area contributed by atoms with Crippen molar-refractivity contribution in [2.24, 2.45) is 23.0 Å². The van der Waals surface area contributed by atoms with E-state index in [-0.39, 0.29) is 43.9 Å². The van der Waals surface area contributed by atoms with Crippen LogP contribution in [0, 0.1) is 17.3 Å². The van der Waals surface area contributed by atoms with Crippen LogP contribution in [0.1, 0.15) is 72.6 Å². The molecule has 0 aromatic rings. The molecule has 1 aliphatic heterocycles. The highest BCUT2D eigenvalue weighted by atomic mass is 16.4. The molecule has 1 rings (SSSR count). The Bertz CT molecular complexity index is 888. The van der Waals surface area contributed by atoms with Gasteiger partial charge in [0.25, 0.3) is 0 Å². The van der Waals surface area contributed by atoms with Crippen LogP contribution in [0.25, 0.3) is 0 Å². The molecule has 0 unspecified atom stereocenters. The van der Waals surface area contributed by atoms with Crippen LogP contribution in [0.3, 0.4) is 0 Å². The number of likely N-dealkylation sites (tertiary alicyclic amines) is 1. The monoisotopic (exact) mass is 524 g/mol. The first kappa shape index (κ1) is 31.7. The summed E-state index contributed by atoms with van der Waals surface area (Å²) >= 11 is 0. The molecule has 12 heteroatoms. The van der Waals surface area contributed by atoms with Crippen molar-refractivity contribution in [2.75, 3.05) is 19.6 Å². The number of amides is 4. The van der Waals surface area contributed by atoms with Gasteiger partial charge in [-0.3, -0.25) is 33.6 Å². The van der Waals surface area contributed by atoms with Crippen molar-refractivity contribution in [3.05, 3.63) is 0 Å². The van der Waals surface area contributed by atoms with E-state index in [0.717, 1.165) is 0 Å². The highest BCUT2D eigenvalue weighted by Gasteiger charge is 2.29. The number of nitrogens with two attached hydrogens (primary N) is 1. The molecule has 1 aliphatic rings. The Kier molecular flexibility index (Phi) is 12.4. The lowest BCUT2D eigenvalue weighted by atomic mass is 9.90. The predicted octanol–water partition coefficient (Wildman–Crippen LogP) is 0.167. The number of carbonyl (C=O) groups excluding carboxylic acids is 6. The normalized spacial score (nSPS) is 15.8. The molecule has 1 heterocycles. The highest BCUT2D eigenvalue weighted by molar-refractivity contribution is 5.96. The Morgan fingerprint density at radius 3 is 2.11 bits per heavy atom. The van der Waals surface area contributed by atoms with Gasteiger partial charge in [-0.2, -0.15) is 0 Å². The summed E-state index contributed by atoms with van der Waals surface area (Å²) in [6.45, 7) is 7.23.